The van der Waals surface area contributed by atoms with E-state index < -0.39 is 0 Å². The maximum absolute atomic E-state index is 9.07. The molecule has 0 amide bonds. The second-order valence-corrected chi connectivity index (χ2v) is 4.26. The molecule has 1 aliphatic heterocycles. The van der Waals surface area contributed by atoms with Crippen molar-refractivity contribution in [2.75, 3.05) is 24.6 Å². The molecule has 0 radical (unpaired) electrons. The van der Waals surface area contributed by atoms with E-state index in [1.54, 1.807) is 0 Å². The second-order valence-electron chi connectivity index (χ2n) is 4.26. The fraction of sp³-hybridized carbons (Fsp3) is 0.583. The van der Waals surface area contributed by atoms with Crippen molar-refractivity contribution in [3.63, 3.8) is 0 Å². The second kappa shape index (κ2) is 4.62. The summed E-state index contributed by atoms with van der Waals surface area (Å²) in [5.74, 6) is 1.60. The van der Waals surface area contributed by atoms with Crippen LogP contribution in [0.1, 0.15) is 18.4 Å². The fourth-order valence-corrected chi connectivity index (χ4v) is 2.14. The minimum absolute atomic E-state index is 0.328. The van der Waals surface area contributed by atoms with Gasteiger partial charge in [0.1, 0.15) is 5.82 Å². The molecule has 2 heterocycles. The number of hydrogen-bond acceptors (Lipinski definition) is 3. The van der Waals surface area contributed by atoms with Gasteiger partial charge in [-0.25, -0.2) is 4.98 Å². The lowest BCUT2D eigenvalue weighted by molar-refractivity contribution is 0.202. The van der Waals surface area contributed by atoms with Crippen LogP contribution >= 0.6 is 0 Å². The third-order valence-corrected chi connectivity index (χ3v) is 3.15. The topological polar surface area (TPSA) is 36.4 Å². The van der Waals surface area contributed by atoms with Gasteiger partial charge in [0.05, 0.1) is 0 Å². The summed E-state index contributed by atoms with van der Waals surface area (Å²) in [5, 5.41) is 9.07. The lowest BCUT2D eigenvalue weighted by atomic mass is 9.98. The molecule has 3 heteroatoms. The molecule has 0 aromatic carbocycles. The number of hydrogen-bond donors (Lipinski definition) is 1. The molecular formula is C12H18N2O. The molecule has 0 unspecified atom stereocenters. The predicted octanol–water partition coefficient (Wildman–Crippen LogP) is 1.60. The van der Waals surface area contributed by atoms with Gasteiger partial charge in [-0.1, -0.05) is 6.07 Å². The van der Waals surface area contributed by atoms with E-state index in [9.17, 15) is 0 Å². The number of rotatable bonds is 2. The van der Waals surface area contributed by atoms with Crippen molar-refractivity contribution in [1.82, 2.24) is 4.98 Å². The first-order valence-corrected chi connectivity index (χ1v) is 5.58. The molecular weight excluding hydrogens is 188 g/mol. The zero-order chi connectivity index (χ0) is 10.7. The van der Waals surface area contributed by atoms with Crippen molar-refractivity contribution in [2.24, 2.45) is 5.92 Å². The molecule has 0 bridgehead atoms. The summed E-state index contributed by atoms with van der Waals surface area (Å²) in [4.78, 5) is 6.74. The van der Waals surface area contributed by atoms with E-state index in [1.807, 2.05) is 12.3 Å². The summed E-state index contributed by atoms with van der Waals surface area (Å²) in [6, 6.07) is 4.07. The van der Waals surface area contributed by atoms with Crippen LogP contribution in [0.5, 0.6) is 0 Å². The number of pyridine rings is 1. The summed E-state index contributed by atoms with van der Waals surface area (Å²) in [6.07, 6.45) is 4.00. The Balaban J connectivity index is 2.04. The number of nitrogens with zero attached hydrogens (tertiary/aromatic N) is 2. The largest absolute Gasteiger partial charge is 0.396 e. The number of aliphatic hydroxyl groups is 1. The van der Waals surface area contributed by atoms with E-state index in [1.165, 1.54) is 5.56 Å². The summed E-state index contributed by atoms with van der Waals surface area (Å²) >= 11 is 0. The van der Waals surface area contributed by atoms with Crippen molar-refractivity contribution >= 4 is 5.82 Å². The molecule has 1 saturated heterocycles. The number of aromatic nitrogens is 1. The van der Waals surface area contributed by atoms with Crippen LogP contribution < -0.4 is 4.90 Å². The molecule has 0 atom stereocenters. The molecule has 0 saturated carbocycles. The fourth-order valence-electron chi connectivity index (χ4n) is 2.14. The van der Waals surface area contributed by atoms with Crippen LogP contribution in [0.2, 0.25) is 0 Å². The smallest absolute Gasteiger partial charge is 0.131 e. The van der Waals surface area contributed by atoms with Crippen LogP contribution in [0.4, 0.5) is 5.82 Å². The van der Waals surface area contributed by atoms with E-state index in [0.717, 1.165) is 31.7 Å². The van der Waals surface area contributed by atoms with Gasteiger partial charge in [-0.05, 0) is 37.3 Å². The number of aliphatic hydroxyl groups excluding tert-OH is 1. The molecule has 1 aromatic rings. The van der Waals surface area contributed by atoms with E-state index >= 15 is 0 Å². The Morgan fingerprint density at radius 3 is 2.80 bits per heavy atom. The Kier molecular flexibility index (Phi) is 3.21. The monoisotopic (exact) mass is 206 g/mol. The quantitative estimate of drug-likeness (QED) is 0.798. The Bertz CT molecular complexity index is 319. The van der Waals surface area contributed by atoms with Gasteiger partial charge in [-0.2, -0.15) is 0 Å². The van der Waals surface area contributed by atoms with Crippen LogP contribution in [-0.2, 0) is 0 Å². The SMILES string of the molecule is Cc1cccnc1N1CCC(CO)CC1. The minimum atomic E-state index is 0.328. The molecule has 2 rings (SSSR count). The van der Waals surface area contributed by atoms with Gasteiger partial charge < -0.3 is 10.0 Å². The number of aryl methyl sites for hydroxylation is 1. The van der Waals surface area contributed by atoms with Crippen LogP contribution in [-0.4, -0.2) is 29.8 Å². The van der Waals surface area contributed by atoms with Crippen LogP contribution in [0.15, 0.2) is 18.3 Å². The van der Waals surface area contributed by atoms with Crippen molar-refractivity contribution in [3.8, 4) is 0 Å². The first-order chi connectivity index (χ1) is 7.31. The van der Waals surface area contributed by atoms with Crippen molar-refractivity contribution in [1.29, 1.82) is 0 Å². The number of piperidine rings is 1. The normalized spacial score (nSPS) is 18.1. The maximum Gasteiger partial charge on any atom is 0.131 e. The molecule has 15 heavy (non-hydrogen) atoms. The number of anilines is 1. The minimum Gasteiger partial charge on any atom is -0.396 e. The average molecular weight is 206 g/mol. The van der Waals surface area contributed by atoms with Gasteiger partial charge >= 0.3 is 0 Å². The Morgan fingerprint density at radius 1 is 1.47 bits per heavy atom. The zero-order valence-electron chi connectivity index (χ0n) is 9.19. The van der Waals surface area contributed by atoms with Crippen molar-refractivity contribution in [3.05, 3.63) is 23.9 Å². The zero-order valence-corrected chi connectivity index (χ0v) is 9.19. The maximum atomic E-state index is 9.07. The molecule has 1 aliphatic rings. The van der Waals surface area contributed by atoms with Gasteiger partial charge in [0.2, 0.25) is 0 Å². The van der Waals surface area contributed by atoms with E-state index in [-0.39, 0.29) is 0 Å². The van der Waals surface area contributed by atoms with Crippen LogP contribution in [0, 0.1) is 12.8 Å². The lowest BCUT2D eigenvalue weighted by Gasteiger charge is -2.32. The third kappa shape index (κ3) is 2.29. The molecule has 0 spiro atoms. The highest BCUT2D eigenvalue weighted by Crippen LogP contribution is 2.23. The molecule has 1 fully saturated rings. The van der Waals surface area contributed by atoms with Crippen LogP contribution in [0.25, 0.3) is 0 Å². The summed E-state index contributed by atoms with van der Waals surface area (Å²) in [6.45, 7) is 4.46. The van der Waals surface area contributed by atoms with Crippen LogP contribution in [0.3, 0.4) is 0 Å². The van der Waals surface area contributed by atoms with Gasteiger partial charge in [0.15, 0.2) is 0 Å². The van der Waals surface area contributed by atoms with Gasteiger partial charge in [0, 0.05) is 25.9 Å². The lowest BCUT2D eigenvalue weighted by Crippen LogP contribution is -2.35. The standard InChI is InChI=1S/C12H18N2O/c1-10-3-2-6-13-12(10)14-7-4-11(9-15)5-8-14/h2-3,6,11,15H,4-5,7-9H2,1H3. The highest BCUT2D eigenvalue weighted by molar-refractivity contribution is 5.46. The molecule has 82 valence electrons. The Labute approximate surface area is 90.8 Å². The molecule has 1 N–H and O–H groups in total. The molecule has 1 aromatic heterocycles. The third-order valence-electron chi connectivity index (χ3n) is 3.15. The van der Waals surface area contributed by atoms with E-state index in [4.69, 9.17) is 5.11 Å². The molecule has 3 nitrogen and oxygen atoms in total. The first kappa shape index (κ1) is 10.4. The first-order valence-electron chi connectivity index (χ1n) is 5.58. The van der Waals surface area contributed by atoms with E-state index in [0.29, 0.717) is 12.5 Å². The Morgan fingerprint density at radius 2 is 2.20 bits per heavy atom. The van der Waals surface area contributed by atoms with Crippen molar-refractivity contribution in [2.45, 2.75) is 19.8 Å². The van der Waals surface area contributed by atoms with Gasteiger partial charge in [-0.3, -0.25) is 0 Å². The summed E-state index contributed by atoms with van der Waals surface area (Å²) in [5.41, 5.74) is 1.24. The highest BCUT2D eigenvalue weighted by atomic mass is 16.3. The Hall–Kier alpha value is -1.09. The van der Waals surface area contributed by atoms with E-state index in [2.05, 4.69) is 22.9 Å². The summed E-state index contributed by atoms with van der Waals surface area (Å²) < 4.78 is 0. The van der Waals surface area contributed by atoms with Gasteiger partial charge in [-0.15, -0.1) is 0 Å². The van der Waals surface area contributed by atoms with Gasteiger partial charge in [0.25, 0.3) is 0 Å². The van der Waals surface area contributed by atoms with Crippen molar-refractivity contribution < 1.29 is 5.11 Å². The molecule has 0 aliphatic carbocycles. The summed E-state index contributed by atoms with van der Waals surface area (Å²) in [7, 11) is 0. The average Bonchev–Trinajstić information content (AvgIpc) is 2.30. The predicted molar refractivity (Wildman–Crippen MR) is 61.0 cm³/mol. The highest BCUT2D eigenvalue weighted by Gasteiger charge is 2.19.